The van der Waals surface area contributed by atoms with Crippen molar-refractivity contribution in [2.45, 2.75) is 51.0 Å². The second-order valence-electron chi connectivity index (χ2n) is 4.56. The smallest absolute Gasteiger partial charge is 0.0543 e. The van der Waals surface area contributed by atoms with Gasteiger partial charge < -0.3 is 5.11 Å². The standard InChI is InChI=1S/C14H20O/c15-14-9-3-1-2-6-12-7-4-5-8-13(12)10-11-14/h4-5,7-8,14-15H,1-3,6,9-11H2. The van der Waals surface area contributed by atoms with Crippen LogP contribution in [0.1, 0.15) is 43.2 Å². The van der Waals surface area contributed by atoms with E-state index in [0.717, 1.165) is 19.3 Å². The predicted octanol–water partition coefficient (Wildman–Crippen LogP) is 3.10. The lowest BCUT2D eigenvalue weighted by molar-refractivity contribution is 0.150. The molecule has 0 aromatic heterocycles. The van der Waals surface area contributed by atoms with Crippen LogP contribution in [-0.4, -0.2) is 11.2 Å². The van der Waals surface area contributed by atoms with Crippen LogP contribution in [-0.2, 0) is 12.8 Å². The first-order valence-corrected chi connectivity index (χ1v) is 6.11. The molecule has 0 aliphatic heterocycles. The molecule has 0 spiro atoms. The highest BCUT2D eigenvalue weighted by molar-refractivity contribution is 5.27. The first kappa shape index (κ1) is 10.7. The Hall–Kier alpha value is -0.820. The van der Waals surface area contributed by atoms with Crippen LogP contribution in [0.15, 0.2) is 24.3 Å². The minimum absolute atomic E-state index is 0.0869. The van der Waals surface area contributed by atoms with Gasteiger partial charge in [0.25, 0.3) is 0 Å². The summed E-state index contributed by atoms with van der Waals surface area (Å²) >= 11 is 0. The maximum absolute atomic E-state index is 9.76. The average Bonchev–Trinajstić information content (AvgIpc) is 2.27. The molecule has 1 nitrogen and oxygen atoms in total. The number of aryl methyl sites for hydroxylation is 2. The normalized spacial score (nSPS) is 23.1. The fourth-order valence-corrected chi connectivity index (χ4v) is 2.38. The summed E-state index contributed by atoms with van der Waals surface area (Å²) in [5, 5.41) is 9.76. The SMILES string of the molecule is OC1CCCCCc2ccccc2CC1. The summed E-state index contributed by atoms with van der Waals surface area (Å²) in [5.74, 6) is 0. The second kappa shape index (κ2) is 5.32. The Kier molecular flexibility index (Phi) is 3.79. The number of benzene rings is 1. The van der Waals surface area contributed by atoms with Crippen molar-refractivity contribution in [3.63, 3.8) is 0 Å². The first-order chi connectivity index (χ1) is 7.36. The Morgan fingerprint density at radius 3 is 2.40 bits per heavy atom. The van der Waals surface area contributed by atoms with Crippen molar-refractivity contribution in [1.29, 1.82) is 0 Å². The summed E-state index contributed by atoms with van der Waals surface area (Å²) in [5.41, 5.74) is 2.94. The Labute approximate surface area is 92.1 Å². The summed E-state index contributed by atoms with van der Waals surface area (Å²) < 4.78 is 0. The lowest BCUT2D eigenvalue weighted by Gasteiger charge is -2.15. The van der Waals surface area contributed by atoms with Gasteiger partial charge >= 0.3 is 0 Å². The maximum Gasteiger partial charge on any atom is 0.0543 e. The van der Waals surface area contributed by atoms with E-state index in [1.165, 1.54) is 36.8 Å². The predicted molar refractivity (Wildman–Crippen MR) is 62.9 cm³/mol. The van der Waals surface area contributed by atoms with Gasteiger partial charge in [-0.15, -0.1) is 0 Å². The topological polar surface area (TPSA) is 20.2 Å². The van der Waals surface area contributed by atoms with Crippen molar-refractivity contribution in [2.24, 2.45) is 0 Å². The van der Waals surface area contributed by atoms with Crippen LogP contribution in [0.3, 0.4) is 0 Å². The number of hydrogen-bond acceptors (Lipinski definition) is 1. The number of aliphatic hydroxyl groups is 1. The van der Waals surface area contributed by atoms with Crippen LogP contribution in [0.5, 0.6) is 0 Å². The molecule has 0 bridgehead atoms. The fourth-order valence-electron chi connectivity index (χ4n) is 2.38. The van der Waals surface area contributed by atoms with Gasteiger partial charge in [0.2, 0.25) is 0 Å². The number of aliphatic hydroxyl groups excluding tert-OH is 1. The summed E-state index contributed by atoms with van der Waals surface area (Å²) in [6, 6.07) is 8.69. The zero-order valence-corrected chi connectivity index (χ0v) is 9.28. The highest BCUT2D eigenvalue weighted by Crippen LogP contribution is 2.19. The fraction of sp³-hybridized carbons (Fsp3) is 0.571. The van der Waals surface area contributed by atoms with Crippen LogP contribution < -0.4 is 0 Å². The number of rotatable bonds is 0. The van der Waals surface area contributed by atoms with E-state index in [2.05, 4.69) is 24.3 Å². The summed E-state index contributed by atoms with van der Waals surface area (Å²) in [6.45, 7) is 0. The minimum Gasteiger partial charge on any atom is -0.393 e. The molecular formula is C14H20O. The highest BCUT2D eigenvalue weighted by atomic mass is 16.3. The molecule has 0 radical (unpaired) electrons. The van der Waals surface area contributed by atoms with Gasteiger partial charge in [0.05, 0.1) is 6.10 Å². The molecule has 0 heterocycles. The molecule has 1 atom stereocenters. The number of fused-ring (bicyclic) bond motifs is 1. The lowest BCUT2D eigenvalue weighted by Crippen LogP contribution is -2.10. The minimum atomic E-state index is -0.0869. The van der Waals surface area contributed by atoms with E-state index < -0.39 is 0 Å². The molecule has 15 heavy (non-hydrogen) atoms. The van der Waals surface area contributed by atoms with Crippen LogP contribution >= 0.6 is 0 Å². The van der Waals surface area contributed by atoms with E-state index in [-0.39, 0.29) is 6.10 Å². The van der Waals surface area contributed by atoms with Crippen LogP contribution in [0, 0.1) is 0 Å². The van der Waals surface area contributed by atoms with E-state index >= 15 is 0 Å². The van der Waals surface area contributed by atoms with Gasteiger partial charge in [-0.25, -0.2) is 0 Å². The summed E-state index contributed by atoms with van der Waals surface area (Å²) in [4.78, 5) is 0. The van der Waals surface area contributed by atoms with Gasteiger partial charge in [-0.3, -0.25) is 0 Å². The van der Waals surface area contributed by atoms with E-state index in [9.17, 15) is 5.11 Å². The molecule has 1 aliphatic rings. The molecule has 82 valence electrons. The Bertz CT molecular complexity index is 306. The first-order valence-electron chi connectivity index (χ1n) is 6.11. The summed E-state index contributed by atoms with van der Waals surface area (Å²) in [6.07, 6.45) is 7.79. The second-order valence-corrected chi connectivity index (χ2v) is 4.56. The van der Waals surface area contributed by atoms with Gasteiger partial charge in [0.15, 0.2) is 0 Å². The van der Waals surface area contributed by atoms with Crippen LogP contribution in [0.2, 0.25) is 0 Å². The van der Waals surface area contributed by atoms with E-state index in [0.29, 0.717) is 0 Å². The lowest BCUT2D eigenvalue weighted by atomic mass is 9.93. The van der Waals surface area contributed by atoms with E-state index in [1.807, 2.05) is 0 Å². The highest BCUT2D eigenvalue weighted by Gasteiger charge is 2.09. The molecule has 0 fully saturated rings. The molecule has 0 saturated carbocycles. The quantitative estimate of drug-likeness (QED) is 0.688. The molecule has 1 N–H and O–H groups in total. The Balaban J connectivity index is 2.11. The Morgan fingerprint density at radius 2 is 1.60 bits per heavy atom. The molecule has 1 aromatic rings. The van der Waals surface area contributed by atoms with Gasteiger partial charge in [-0.1, -0.05) is 37.1 Å². The average molecular weight is 204 g/mol. The van der Waals surface area contributed by atoms with Crippen molar-refractivity contribution in [3.8, 4) is 0 Å². The molecule has 1 aromatic carbocycles. The largest absolute Gasteiger partial charge is 0.393 e. The third-order valence-corrected chi connectivity index (χ3v) is 3.35. The summed E-state index contributed by atoms with van der Waals surface area (Å²) in [7, 11) is 0. The van der Waals surface area contributed by atoms with Crippen molar-refractivity contribution in [2.75, 3.05) is 0 Å². The van der Waals surface area contributed by atoms with Crippen molar-refractivity contribution in [3.05, 3.63) is 35.4 Å². The van der Waals surface area contributed by atoms with E-state index in [4.69, 9.17) is 0 Å². The number of hydrogen-bond donors (Lipinski definition) is 1. The third kappa shape index (κ3) is 3.07. The molecular weight excluding hydrogens is 184 g/mol. The Morgan fingerprint density at radius 1 is 0.867 bits per heavy atom. The zero-order valence-electron chi connectivity index (χ0n) is 9.28. The van der Waals surface area contributed by atoms with Crippen molar-refractivity contribution < 1.29 is 5.11 Å². The molecule has 1 heteroatoms. The zero-order chi connectivity index (χ0) is 10.5. The van der Waals surface area contributed by atoms with Crippen LogP contribution in [0.4, 0.5) is 0 Å². The molecule has 0 amide bonds. The van der Waals surface area contributed by atoms with Gasteiger partial charge in [0, 0.05) is 0 Å². The third-order valence-electron chi connectivity index (χ3n) is 3.35. The molecule has 0 saturated heterocycles. The van der Waals surface area contributed by atoms with Crippen molar-refractivity contribution in [1.82, 2.24) is 0 Å². The molecule has 2 rings (SSSR count). The van der Waals surface area contributed by atoms with E-state index in [1.54, 1.807) is 0 Å². The molecule has 1 aliphatic carbocycles. The van der Waals surface area contributed by atoms with Crippen molar-refractivity contribution >= 4 is 0 Å². The molecule has 1 unspecified atom stereocenters. The van der Waals surface area contributed by atoms with Gasteiger partial charge in [-0.05, 0) is 43.2 Å². The maximum atomic E-state index is 9.76. The monoisotopic (exact) mass is 204 g/mol. The van der Waals surface area contributed by atoms with Gasteiger partial charge in [-0.2, -0.15) is 0 Å². The van der Waals surface area contributed by atoms with Gasteiger partial charge in [0.1, 0.15) is 0 Å². The van der Waals surface area contributed by atoms with Crippen LogP contribution in [0.25, 0.3) is 0 Å².